The molecule has 0 bridgehead atoms. The van der Waals surface area contributed by atoms with E-state index in [0.29, 0.717) is 12.3 Å². The minimum Gasteiger partial charge on any atom is -0.353 e. The van der Waals surface area contributed by atoms with Gasteiger partial charge in [-0.2, -0.15) is 5.10 Å². The standard InChI is InChI=1S/C19H24FN3O/c20-17-9-7-15(8-10-17)14-16-4-1-5-18(16)22-19(24)6-2-12-23-13-3-11-21-23/h3,7-11,13,16,18H,1-2,4-6,12,14H2,(H,22,24)/t16-,18-/m1/s1. The summed E-state index contributed by atoms with van der Waals surface area (Å²) >= 11 is 0. The molecule has 1 saturated carbocycles. The van der Waals surface area contributed by atoms with E-state index in [0.717, 1.165) is 44.2 Å². The van der Waals surface area contributed by atoms with E-state index in [9.17, 15) is 9.18 Å². The van der Waals surface area contributed by atoms with Crippen molar-refractivity contribution in [1.29, 1.82) is 0 Å². The van der Waals surface area contributed by atoms with Crippen LogP contribution in [0.3, 0.4) is 0 Å². The maximum absolute atomic E-state index is 13.0. The van der Waals surface area contributed by atoms with Crippen molar-refractivity contribution in [2.75, 3.05) is 0 Å². The third-order valence-corrected chi connectivity index (χ3v) is 4.77. The van der Waals surface area contributed by atoms with Gasteiger partial charge < -0.3 is 5.32 Å². The van der Waals surface area contributed by atoms with Crippen LogP contribution in [0.2, 0.25) is 0 Å². The molecule has 0 spiro atoms. The first-order chi connectivity index (χ1) is 11.7. The molecule has 1 aromatic carbocycles. The summed E-state index contributed by atoms with van der Waals surface area (Å²) in [4.78, 5) is 12.2. The summed E-state index contributed by atoms with van der Waals surface area (Å²) in [5.41, 5.74) is 1.14. The van der Waals surface area contributed by atoms with Crippen LogP contribution in [0.25, 0.3) is 0 Å². The average Bonchev–Trinajstić information content (AvgIpc) is 3.22. The fraction of sp³-hybridized carbons (Fsp3) is 0.474. The van der Waals surface area contributed by atoms with Crippen LogP contribution in [0.1, 0.15) is 37.7 Å². The Morgan fingerprint density at radius 1 is 1.29 bits per heavy atom. The highest BCUT2D eigenvalue weighted by molar-refractivity contribution is 5.76. The van der Waals surface area contributed by atoms with Crippen molar-refractivity contribution in [3.05, 3.63) is 54.1 Å². The van der Waals surface area contributed by atoms with Crippen LogP contribution >= 0.6 is 0 Å². The zero-order valence-corrected chi connectivity index (χ0v) is 13.8. The second kappa shape index (κ2) is 8.08. The number of aromatic nitrogens is 2. The molecule has 1 amide bonds. The Labute approximate surface area is 142 Å². The minimum absolute atomic E-state index is 0.123. The topological polar surface area (TPSA) is 46.9 Å². The lowest BCUT2D eigenvalue weighted by molar-refractivity contribution is -0.122. The highest BCUT2D eigenvalue weighted by atomic mass is 19.1. The van der Waals surface area contributed by atoms with E-state index >= 15 is 0 Å². The molecule has 0 unspecified atom stereocenters. The van der Waals surface area contributed by atoms with Crippen molar-refractivity contribution in [2.24, 2.45) is 5.92 Å². The molecular weight excluding hydrogens is 305 g/mol. The summed E-state index contributed by atoms with van der Waals surface area (Å²) in [6.07, 6.45) is 9.18. The summed E-state index contributed by atoms with van der Waals surface area (Å²) in [6, 6.07) is 8.83. The van der Waals surface area contributed by atoms with Crippen LogP contribution in [0.4, 0.5) is 4.39 Å². The average molecular weight is 329 g/mol. The second-order valence-corrected chi connectivity index (χ2v) is 6.57. The van der Waals surface area contributed by atoms with Gasteiger partial charge in [0.2, 0.25) is 5.91 Å². The van der Waals surface area contributed by atoms with Crippen LogP contribution in [-0.4, -0.2) is 21.7 Å². The molecule has 2 aromatic rings. The first-order valence-electron chi connectivity index (χ1n) is 8.72. The highest BCUT2D eigenvalue weighted by Gasteiger charge is 2.28. The Hall–Kier alpha value is -2.17. The van der Waals surface area contributed by atoms with Gasteiger partial charge in [-0.15, -0.1) is 0 Å². The largest absolute Gasteiger partial charge is 0.353 e. The maximum Gasteiger partial charge on any atom is 0.220 e. The number of benzene rings is 1. The van der Waals surface area contributed by atoms with E-state index in [1.807, 2.05) is 29.1 Å². The monoisotopic (exact) mass is 329 g/mol. The lowest BCUT2D eigenvalue weighted by atomic mass is 9.94. The molecule has 24 heavy (non-hydrogen) atoms. The number of rotatable bonds is 7. The minimum atomic E-state index is -0.202. The summed E-state index contributed by atoms with van der Waals surface area (Å²) < 4.78 is 14.9. The van der Waals surface area contributed by atoms with Gasteiger partial charge in [-0.1, -0.05) is 18.6 Å². The van der Waals surface area contributed by atoms with E-state index in [2.05, 4.69) is 10.4 Å². The van der Waals surface area contributed by atoms with Gasteiger partial charge in [0.05, 0.1) is 0 Å². The molecule has 1 N–H and O–H groups in total. The Balaban J connectivity index is 1.44. The van der Waals surface area contributed by atoms with Gasteiger partial charge in [-0.25, -0.2) is 4.39 Å². The van der Waals surface area contributed by atoms with Crippen LogP contribution in [-0.2, 0) is 17.8 Å². The van der Waals surface area contributed by atoms with Crippen molar-refractivity contribution in [3.63, 3.8) is 0 Å². The summed E-state index contributed by atoms with van der Waals surface area (Å²) in [5, 5.41) is 7.34. The molecule has 0 aliphatic heterocycles. The molecule has 4 nitrogen and oxygen atoms in total. The van der Waals surface area contributed by atoms with Gasteiger partial charge in [0, 0.05) is 31.4 Å². The smallest absolute Gasteiger partial charge is 0.220 e. The van der Waals surface area contributed by atoms with Crippen LogP contribution < -0.4 is 5.32 Å². The molecule has 1 aliphatic carbocycles. The summed E-state index contributed by atoms with van der Waals surface area (Å²) in [5.74, 6) is 0.371. The Morgan fingerprint density at radius 2 is 2.12 bits per heavy atom. The molecule has 1 aliphatic rings. The number of amides is 1. The molecule has 1 aromatic heterocycles. The molecule has 1 heterocycles. The second-order valence-electron chi connectivity index (χ2n) is 6.57. The zero-order valence-electron chi connectivity index (χ0n) is 13.8. The Kier molecular flexibility index (Phi) is 5.62. The van der Waals surface area contributed by atoms with E-state index in [4.69, 9.17) is 0 Å². The third-order valence-electron chi connectivity index (χ3n) is 4.77. The van der Waals surface area contributed by atoms with Crippen molar-refractivity contribution in [3.8, 4) is 0 Å². The zero-order chi connectivity index (χ0) is 16.8. The van der Waals surface area contributed by atoms with E-state index in [1.165, 1.54) is 12.1 Å². The molecule has 5 heteroatoms. The quantitative estimate of drug-likeness (QED) is 0.847. The van der Waals surface area contributed by atoms with Gasteiger partial charge in [-0.05, 0) is 55.4 Å². The van der Waals surface area contributed by atoms with Crippen molar-refractivity contribution >= 4 is 5.91 Å². The van der Waals surface area contributed by atoms with Crippen molar-refractivity contribution in [2.45, 2.75) is 51.1 Å². The predicted octanol–water partition coefficient (Wildman–Crippen LogP) is 3.33. The van der Waals surface area contributed by atoms with Gasteiger partial charge in [0.15, 0.2) is 0 Å². The molecule has 1 fully saturated rings. The number of nitrogens with one attached hydrogen (secondary N) is 1. The SMILES string of the molecule is O=C(CCCn1cccn1)N[C@@H]1CCC[C@@H]1Cc1ccc(F)cc1. The normalized spacial score (nSPS) is 20.2. The Bertz CT molecular complexity index is 639. The van der Waals surface area contributed by atoms with E-state index in [1.54, 1.807) is 6.20 Å². The number of hydrogen-bond donors (Lipinski definition) is 1. The van der Waals surface area contributed by atoms with E-state index < -0.39 is 0 Å². The fourth-order valence-electron chi connectivity index (χ4n) is 3.51. The molecule has 2 atom stereocenters. The third kappa shape index (κ3) is 4.66. The number of carbonyl (C=O) groups excluding carboxylic acids is 1. The molecule has 0 radical (unpaired) electrons. The molecular formula is C19H24FN3O. The lowest BCUT2D eigenvalue weighted by Crippen LogP contribution is -2.38. The number of hydrogen-bond acceptors (Lipinski definition) is 2. The van der Waals surface area contributed by atoms with Gasteiger partial charge in [0.1, 0.15) is 5.82 Å². The Morgan fingerprint density at radius 3 is 2.88 bits per heavy atom. The molecule has 128 valence electrons. The highest BCUT2D eigenvalue weighted by Crippen LogP contribution is 2.29. The van der Waals surface area contributed by atoms with Crippen LogP contribution in [0.5, 0.6) is 0 Å². The van der Waals surface area contributed by atoms with Gasteiger partial charge >= 0.3 is 0 Å². The molecule has 0 saturated heterocycles. The number of nitrogens with zero attached hydrogens (tertiary/aromatic N) is 2. The van der Waals surface area contributed by atoms with Crippen molar-refractivity contribution < 1.29 is 9.18 Å². The number of aryl methyl sites for hydroxylation is 1. The van der Waals surface area contributed by atoms with Gasteiger partial charge in [-0.3, -0.25) is 9.48 Å². The summed E-state index contributed by atoms with van der Waals surface area (Å²) in [7, 11) is 0. The lowest BCUT2D eigenvalue weighted by Gasteiger charge is -2.21. The number of carbonyl (C=O) groups is 1. The first-order valence-corrected chi connectivity index (χ1v) is 8.72. The molecule has 3 rings (SSSR count). The van der Waals surface area contributed by atoms with Crippen LogP contribution in [0.15, 0.2) is 42.7 Å². The summed E-state index contributed by atoms with van der Waals surface area (Å²) in [6.45, 7) is 0.768. The number of halogens is 1. The van der Waals surface area contributed by atoms with Crippen LogP contribution in [0, 0.1) is 11.7 Å². The fourth-order valence-corrected chi connectivity index (χ4v) is 3.51. The van der Waals surface area contributed by atoms with Gasteiger partial charge in [0.25, 0.3) is 0 Å². The predicted molar refractivity (Wildman–Crippen MR) is 90.8 cm³/mol. The van der Waals surface area contributed by atoms with E-state index in [-0.39, 0.29) is 17.8 Å². The maximum atomic E-state index is 13.0. The first kappa shape index (κ1) is 16.7. The van der Waals surface area contributed by atoms with Crippen molar-refractivity contribution in [1.82, 2.24) is 15.1 Å².